The van der Waals surface area contributed by atoms with E-state index in [1.165, 1.54) is 0 Å². The molecule has 1 aliphatic heterocycles. The molecule has 3 unspecified atom stereocenters. The van der Waals surface area contributed by atoms with E-state index < -0.39 is 12.1 Å². The van der Waals surface area contributed by atoms with Crippen LogP contribution in [0.3, 0.4) is 0 Å². The Hall–Kier alpha value is -2.66. The van der Waals surface area contributed by atoms with Crippen molar-refractivity contribution in [2.45, 2.75) is 37.6 Å². The van der Waals surface area contributed by atoms with Gasteiger partial charge < -0.3 is 19.5 Å². The number of carboxylic acid groups (broad SMARTS) is 1. The number of carbonyl (C=O) groups excluding carboxylic acids is 1. The number of carbonyl (C=O) groups is 2. The van der Waals surface area contributed by atoms with Gasteiger partial charge in [0.2, 0.25) is 11.8 Å². The van der Waals surface area contributed by atoms with E-state index in [1.54, 1.807) is 17.5 Å². The standard InChI is InChI=1S/C19H22N2O3S.C2HF3O2/c22-19(12-15-4-3-9-25-15)21-7-8-23-17-11-14(10-16(17)21)13-24-18-5-1-2-6-20-18;3-2(4,5)1(6)7/h1-6,9,14,16-17H,7-8,10-13H2;(H,6,7). The van der Waals surface area contributed by atoms with Gasteiger partial charge in [-0.15, -0.1) is 11.3 Å². The van der Waals surface area contributed by atoms with Crippen LogP contribution in [-0.2, 0) is 20.7 Å². The third-order valence-electron chi connectivity index (χ3n) is 5.21. The maximum atomic E-state index is 12.7. The normalized spacial score (nSPS) is 22.5. The highest BCUT2D eigenvalue weighted by Crippen LogP contribution is 2.35. The number of fused-ring (bicyclic) bond motifs is 1. The second-order valence-electron chi connectivity index (χ2n) is 7.44. The number of carboxylic acids is 1. The molecule has 2 aliphatic rings. The largest absolute Gasteiger partial charge is 0.490 e. The van der Waals surface area contributed by atoms with E-state index in [-0.39, 0.29) is 18.1 Å². The number of aliphatic carboxylic acids is 1. The highest BCUT2D eigenvalue weighted by atomic mass is 32.1. The quantitative estimate of drug-likeness (QED) is 0.718. The molecular formula is C21H23F3N2O5S. The number of halogens is 3. The number of aromatic nitrogens is 1. The lowest BCUT2D eigenvalue weighted by atomic mass is 10.1. The van der Waals surface area contributed by atoms with Crippen molar-refractivity contribution >= 4 is 23.2 Å². The molecule has 2 aromatic rings. The van der Waals surface area contributed by atoms with Gasteiger partial charge in [-0.3, -0.25) is 4.79 Å². The third kappa shape index (κ3) is 6.67. The first-order chi connectivity index (χ1) is 15.2. The summed E-state index contributed by atoms with van der Waals surface area (Å²) in [6, 6.07) is 9.87. The molecule has 7 nitrogen and oxygen atoms in total. The molecular weight excluding hydrogens is 449 g/mol. The van der Waals surface area contributed by atoms with Crippen molar-refractivity contribution < 1.29 is 37.3 Å². The van der Waals surface area contributed by atoms with E-state index in [9.17, 15) is 18.0 Å². The predicted octanol–water partition coefficient (Wildman–Crippen LogP) is 3.40. The van der Waals surface area contributed by atoms with Crippen LogP contribution in [0.4, 0.5) is 13.2 Å². The molecule has 0 bridgehead atoms. The third-order valence-corrected chi connectivity index (χ3v) is 6.08. The average molecular weight is 472 g/mol. The summed E-state index contributed by atoms with van der Waals surface area (Å²) in [5.74, 6) is -1.49. The number of thiophene rings is 1. The smallest absolute Gasteiger partial charge is 0.477 e. The second-order valence-corrected chi connectivity index (χ2v) is 8.47. The SMILES string of the molecule is O=C(Cc1cccs1)N1CCOC2CC(COc3ccccn3)CC21.O=C(O)C(F)(F)F. The molecule has 1 saturated carbocycles. The monoisotopic (exact) mass is 472 g/mol. The number of amides is 1. The van der Waals surface area contributed by atoms with E-state index >= 15 is 0 Å². The highest BCUT2D eigenvalue weighted by molar-refractivity contribution is 7.10. The van der Waals surface area contributed by atoms with Gasteiger partial charge in [-0.05, 0) is 36.3 Å². The fraction of sp³-hybridized carbons (Fsp3) is 0.476. The number of alkyl halides is 3. The second kappa shape index (κ2) is 10.8. The molecule has 0 spiro atoms. The molecule has 4 rings (SSSR count). The topological polar surface area (TPSA) is 89.0 Å². The number of hydrogen-bond acceptors (Lipinski definition) is 6. The summed E-state index contributed by atoms with van der Waals surface area (Å²) >= 11 is 1.64. The molecule has 3 atom stereocenters. The first-order valence-corrected chi connectivity index (χ1v) is 10.9. The lowest BCUT2D eigenvalue weighted by molar-refractivity contribution is -0.192. The molecule has 0 radical (unpaired) electrons. The zero-order chi connectivity index (χ0) is 23.1. The molecule has 1 saturated heterocycles. The Morgan fingerprint density at radius 1 is 1.25 bits per heavy atom. The van der Waals surface area contributed by atoms with Crippen molar-refractivity contribution in [2.24, 2.45) is 5.92 Å². The van der Waals surface area contributed by atoms with Crippen molar-refractivity contribution in [3.63, 3.8) is 0 Å². The van der Waals surface area contributed by atoms with Gasteiger partial charge in [0, 0.05) is 23.7 Å². The fourth-order valence-corrected chi connectivity index (χ4v) is 4.49. The average Bonchev–Trinajstić information content (AvgIpc) is 3.41. The summed E-state index contributed by atoms with van der Waals surface area (Å²) in [6.45, 7) is 1.95. The van der Waals surface area contributed by atoms with Crippen LogP contribution < -0.4 is 4.74 Å². The van der Waals surface area contributed by atoms with Crippen molar-refractivity contribution in [1.29, 1.82) is 0 Å². The molecule has 1 aliphatic carbocycles. The molecule has 1 N–H and O–H groups in total. The van der Waals surface area contributed by atoms with Gasteiger partial charge in [0.1, 0.15) is 0 Å². The van der Waals surface area contributed by atoms with E-state index in [0.29, 0.717) is 38.0 Å². The van der Waals surface area contributed by atoms with E-state index in [0.717, 1.165) is 17.7 Å². The first-order valence-electron chi connectivity index (χ1n) is 10.0. The molecule has 174 valence electrons. The van der Waals surface area contributed by atoms with Gasteiger partial charge in [0.25, 0.3) is 0 Å². The summed E-state index contributed by atoms with van der Waals surface area (Å²) < 4.78 is 43.5. The van der Waals surface area contributed by atoms with Gasteiger partial charge in [0.05, 0.1) is 31.8 Å². The summed E-state index contributed by atoms with van der Waals surface area (Å²) in [5.41, 5.74) is 0. The Morgan fingerprint density at radius 3 is 2.66 bits per heavy atom. The number of nitrogens with zero attached hydrogens (tertiary/aromatic N) is 2. The summed E-state index contributed by atoms with van der Waals surface area (Å²) in [7, 11) is 0. The maximum absolute atomic E-state index is 12.7. The molecule has 2 aromatic heterocycles. The summed E-state index contributed by atoms with van der Waals surface area (Å²) in [6.07, 6.45) is -0.833. The van der Waals surface area contributed by atoms with Gasteiger partial charge in [-0.25, -0.2) is 9.78 Å². The number of rotatable bonds is 5. The molecule has 2 fully saturated rings. The van der Waals surface area contributed by atoms with Crippen molar-refractivity contribution in [3.05, 3.63) is 46.8 Å². The number of morpholine rings is 1. The highest BCUT2D eigenvalue weighted by Gasteiger charge is 2.43. The van der Waals surface area contributed by atoms with E-state index in [1.807, 2.05) is 40.6 Å². The Bertz CT molecular complexity index is 879. The molecule has 3 heterocycles. The predicted molar refractivity (Wildman–Crippen MR) is 109 cm³/mol. The van der Waals surface area contributed by atoms with Crippen LogP contribution in [0.5, 0.6) is 5.88 Å². The van der Waals surface area contributed by atoms with Gasteiger partial charge in [-0.2, -0.15) is 13.2 Å². The zero-order valence-corrected chi connectivity index (χ0v) is 17.8. The lowest BCUT2D eigenvalue weighted by Crippen LogP contribution is -2.51. The fourth-order valence-electron chi connectivity index (χ4n) is 3.80. The maximum Gasteiger partial charge on any atom is 0.490 e. The first kappa shape index (κ1) is 24.0. The van der Waals surface area contributed by atoms with Crippen LogP contribution in [0.25, 0.3) is 0 Å². The van der Waals surface area contributed by atoms with Crippen LogP contribution in [0, 0.1) is 5.92 Å². The Kier molecular flexibility index (Phi) is 8.08. The zero-order valence-electron chi connectivity index (χ0n) is 17.0. The minimum absolute atomic E-state index is 0.137. The molecule has 1 amide bonds. The van der Waals surface area contributed by atoms with Crippen molar-refractivity contribution in [2.75, 3.05) is 19.8 Å². The van der Waals surface area contributed by atoms with Crippen LogP contribution >= 0.6 is 11.3 Å². The van der Waals surface area contributed by atoms with Crippen LogP contribution in [0.1, 0.15) is 17.7 Å². The molecule has 32 heavy (non-hydrogen) atoms. The van der Waals surface area contributed by atoms with Crippen LogP contribution in [0.15, 0.2) is 41.9 Å². The van der Waals surface area contributed by atoms with E-state index in [2.05, 4.69) is 4.98 Å². The summed E-state index contributed by atoms with van der Waals surface area (Å²) in [4.78, 5) is 29.0. The van der Waals surface area contributed by atoms with Gasteiger partial charge in [0.15, 0.2) is 0 Å². The minimum Gasteiger partial charge on any atom is -0.477 e. The van der Waals surface area contributed by atoms with E-state index in [4.69, 9.17) is 19.4 Å². The Labute approximate surface area is 186 Å². The number of hydrogen-bond donors (Lipinski definition) is 1. The molecule has 11 heteroatoms. The number of ether oxygens (including phenoxy) is 2. The number of pyridine rings is 1. The summed E-state index contributed by atoms with van der Waals surface area (Å²) in [5, 5.41) is 9.14. The van der Waals surface area contributed by atoms with Gasteiger partial charge >= 0.3 is 12.1 Å². The molecule has 0 aromatic carbocycles. The minimum atomic E-state index is -5.08. The van der Waals surface area contributed by atoms with Crippen LogP contribution in [0.2, 0.25) is 0 Å². The van der Waals surface area contributed by atoms with Crippen molar-refractivity contribution in [1.82, 2.24) is 9.88 Å². The lowest BCUT2D eigenvalue weighted by Gasteiger charge is -2.37. The van der Waals surface area contributed by atoms with Crippen LogP contribution in [-0.4, -0.2) is 64.9 Å². The Morgan fingerprint density at radius 2 is 2.03 bits per heavy atom. The van der Waals surface area contributed by atoms with Gasteiger partial charge in [-0.1, -0.05) is 12.1 Å². The van der Waals surface area contributed by atoms with Crippen molar-refractivity contribution in [3.8, 4) is 5.88 Å². The Balaban J connectivity index is 0.000000360.